The standard InChI is InChI=1S/C22H15F3O3/c1-12-7-9-13(10-8-12)15-11-16(22(23,24)25)20-18(19(15)21(26)27-2)14-5-3-4-6-17(14)28-20/h3-11H,1-2H3. The minimum absolute atomic E-state index is 0.0549. The molecule has 0 unspecified atom stereocenters. The average molecular weight is 384 g/mol. The Hall–Kier alpha value is -3.28. The maximum Gasteiger partial charge on any atom is 0.420 e. The Morgan fingerprint density at radius 1 is 1.04 bits per heavy atom. The summed E-state index contributed by atoms with van der Waals surface area (Å²) in [5.41, 5.74) is 0.622. The Balaban J connectivity index is 2.23. The molecule has 0 bridgehead atoms. The van der Waals surface area contributed by atoms with Crippen molar-refractivity contribution in [3.63, 3.8) is 0 Å². The molecule has 1 heterocycles. The molecule has 0 aliphatic heterocycles. The molecule has 3 aromatic carbocycles. The molecule has 0 atom stereocenters. The molecule has 0 radical (unpaired) electrons. The first-order valence-electron chi connectivity index (χ1n) is 8.52. The van der Waals surface area contributed by atoms with Crippen LogP contribution in [0.2, 0.25) is 0 Å². The van der Waals surface area contributed by atoms with Gasteiger partial charge in [0.1, 0.15) is 11.2 Å². The van der Waals surface area contributed by atoms with E-state index in [4.69, 9.17) is 9.15 Å². The summed E-state index contributed by atoms with van der Waals surface area (Å²) in [6, 6.07) is 14.4. The molecule has 28 heavy (non-hydrogen) atoms. The number of esters is 1. The minimum Gasteiger partial charge on any atom is -0.465 e. The topological polar surface area (TPSA) is 39.4 Å². The number of carbonyl (C=O) groups is 1. The number of benzene rings is 3. The summed E-state index contributed by atoms with van der Waals surface area (Å²) in [6.07, 6.45) is -4.65. The third-order valence-electron chi connectivity index (χ3n) is 4.71. The fraction of sp³-hybridized carbons (Fsp3) is 0.136. The number of furan rings is 1. The van der Waals surface area contributed by atoms with Crippen LogP contribution in [0.3, 0.4) is 0 Å². The van der Waals surface area contributed by atoms with Gasteiger partial charge in [-0.05, 0) is 30.2 Å². The predicted octanol–water partition coefficient (Wildman–Crippen LogP) is 6.37. The van der Waals surface area contributed by atoms with Gasteiger partial charge >= 0.3 is 12.1 Å². The lowest BCUT2D eigenvalue weighted by molar-refractivity contribution is -0.136. The number of alkyl halides is 3. The highest BCUT2D eigenvalue weighted by molar-refractivity contribution is 6.19. The Kier molecular flexibility index (Phi) is 4.14. The Morgan fingerprint density at radius 2 is 1.71 bits per heavy atom. The van der Waals surface area contributed by atoms with E-state index in [1.165, 1.54) is 7.11 Å². The van der Waals surface area contributed by atoms with Crippen molar-refractivity contribution >= 4 is 27.9 Å². The highest BCUT2D eigenvalue weighted by Gasteiger charge is 2.37. The average Bonchev–Trinajstić information content (AvgIpc) is 3.05. The van der Waals surface area contributed by atoms with E-state index in [1.807, 2.05) is 6.92 Å². The van der Waals surface area contributed by atoms with Crippen LogP contribution in [0, 0.1) is 6.92 Å². The molecular formula is C22H15F3O3. The van der Waals surface area contributed by atoms with Gasteiger partial charge in [0.05, 0.1) is 18.2 Å². The molecule has 1 aromatic heterocycles. The third kappa shape index (κ3) is 2.81. The molecule has 0 amide bonds. The summed E-state index contributed by atoms with van der Waals surface area (Å²) in [5, 5.41) is 0.533. The molecule has 6 heteroatoms. The van der Waals surface area contributed by atoms with E-state index in [9.17, 15) is 18.0 Å². The number of hydrogen-bond donors (Lipinski definition) is 0. The lowest BCUT2D eigenvalue weighted by Crippen LogP contribution is -2.10. The molecule has 0 fully saturated rings. The molecule has 0 saturated heterocycles. The predicted molar refractivity (Wildman–Crippen MR) is 100 cm³/mol. The molecule has 0 aliphatic carbocycles. The summed E-state index contributed by atoms with van der Waals surface area (Å²) in [4.78, 5) is 12.6. The number of rotatable bonds is 2. The van der Waals surface area contributed by atoms with Gasteiger partial charge in [0.2, 0.25) is 0 Å². The molecule has 0 aliphatic rings. The van der Waals surface area contributed by atoms with E-state index in [0.717, 1.165) is 11.6 Å². The molecule has 4 rings (SSSR count). The van der Waals surface area contributed by atoms with Crippen LogP contribution in [0.1, 0.15) is 21.5 Å². The minimum atomic E-state index is -4.65. The van der Waals surface area contributed by atoms with E-state index >= 15 is 0 Å². The monoisotopic (exact) mass is 384 g/mol. The van der Waals surface area contributed by atoms with Crippen molar-refractivity contribution < 1.29 is 27.1 Å². The molecule has 3 nitrogen and oxygen atoms in total. The zero-order valence-corrected chi connectivity index (χ0v) is 15.1. The van der Waals surface area contributed by atoms with Gasteiger partial charge in [-0.15, -0.1) is 0 Å². The Labute approximate surface area is 158 Å². The van der Waals surface area contributed by atoms with Crippen molar-refractivity contribution in [2.45, 2.75) is 13.1 Å². The summed E-state index contributed by atoms with van der Waals surface area (Å²) < 4.78 is 52.0. The first kappa shape index (κ1) is 18.1. The Morgan fingerprint density at radius 3 is 2.36 bits per heavy atom. The number of hydrogen-bond acceptors (Lipinski definition) is 3. The van der Waals surface area contributed by atoms with Crippen molar-refractivity contribution in [1.82, 2.24) is 0 Å². The second-order valence-electron chi connectivity index (χ2n) is 6.50. The van der Waals surface area contributed by atoms with Crippen molar-refractivity contribution in [1.29, 1.82) is 0 Å². The van der Waals surface area contributed by atoms with Gasteiger partial charge in [-0.25, -0.2) is 4.79 Å². The molecule has 0 saturated carbocycles. The second kappa shape index (κ2) is 6.41. The van der Waals surface area contributed by atoms with Crippen molar-refractivity contribution in [2.24, 2.45) is 0 Å². The smallest absolute Gasteiger partial charge is 0.420 e. The van der Waals surface area contributed by atoms with E-state index in [-0.39, 0.29) is 27.7 Å². The fourth-order valence-electron chi connectivity index (χ4n) is 3.39. The van der Waals surface area contributed by atoms with E-state index < -0.39 is 17.7 Å². The van der Waals surface area contributed by atoms with Gasteiger partial charge in [0.25, 0.3) is 0 Å². The summed E-state index contributed by atoms with van der Waals surface area (Å²) in [5.74, 6) is -0.721. The molecule has 142 valence electrons. The van der Waals surface area contributed by atoms with E-state index in [0.29, 0.717) is 10.9 Å². The van der Waals surface area contributed by atoms with E-state index in [1.54, 1.807) is 48.5 Å². The quantitative estimate of drug-likeness (QED) is 0.377. The van der Waals surface area contributed by atoms with Gasteiger partial charge in [-0.2, -0.15) is 13.2 Å². The van der Waals surface area contributed by atoms with E-state index in [2.05, 4.69) is 0 Å². The first-order chi connectivity index (χ1) is 13.3. The maximum atomic E-state index is 13.8. The largest absolute Gasteiger partial charge is 0.465 e. The van der Waals surface area contributed by atoms with Gasteiger partial charge in [-0.1, -0.05) is 48.0 Å². The number of methoxy groups -OCH3 is 1. The lowest BCUT2D eigenvalue weighted by Gasteiger charge is -2.15. The number of halogens is 3. The normalized spacial score (nSPS) is 11.9. The van der Waals surface area contributed by atoms with Gasteiger partial charge in [0.15, 0.2) is 0 Å². The van der Waals surface area contributed by atoms with Gasteiger partial charge in [-0.3, -0.25) is 0 Å². The highest BCUT2D eigenvalue weighted by atomic mass is 19.4. The van der Waals surface area contributed by atoms with Crippen LogP contribution < -0.4 is 0 Å². The van der Waals surface area contributed by atoms with Crippen molar-refractivity contribution in [2.75, 3.05) is 7.11 Å². The number of fused-ring (bicyclic) bond motifs is 3. The highest BCUT2D eigenvalue weighted by Crippen LogP contribution is 2.44. The summed E-state index contributed by atoms with van der Waals surface area (Å²) in [7, 11) is 1.20. The molecule has 0 spiro atoms. The zero-order chi connectivity index (χ0) is 20.1. The lowest BCUT2D eigenvalue weighted by atomic mass is 9.92. The number of para-hydroxylation sites is 1. The van der Waals surface area contributed by atoms with Gasteiger partial charge in [0, 0.05) is 10.8 Å². The first-order valence-corrected chi connectivity index (χ1v) is 8.52. The van der Waals surface area contributed by atoms with Gasteiger partial charge < -0.3 is 9.15 Å². The SMILES string of the molecule is COC(=O)c1c(-c2ccc(C)cc2)cc(C(F)(F)F)c2oc3ccccc3c12. The van der Waals surface area contributed by atoms with Crippen LogP contribution in [0.5, 0.6) is 0 Å². The molecule has 4 aromatic rings. The second-order valence-corrected chi connectivity index (χ2v) is 6.50. The third-order valence-corrected chi connectivity index (χ3v) is 4.71. The fourth-order valence-corrected chi connectivity index (χ4v) is 3.39. The number of aryl methyl sites for hydroxylation is 1. The molecule has 0 N–H and O–H groups in total. The number of ether oxygens (including phenoxy) is 1. The number of carbonyl (C=O) groups excluding carboxylic acids is 1. The Bertz CT molecular complexity index is 1200. The summed E-state index contributed by atoms with van der Waals surface area (Å²) in [6.45, 7) is 1.87. The maximum absolute atomic E-state index is 13.8. The van der Waals surface area contributed by atoms with Crippen LogP contribution in [-0.2, 0) is 10.9 Å². The van der Waals surface area contributed by atoms with Crippen LogP contribution in [0.25, 0.3) is 33.1 Å². The van der Waals surface area contributed by atoms with Crippen LogP contribution in [0.15, 0.2) is 59.0 Å². The zero-order valence-electron chi connectivity index (χ0n) is 15.1. The van der Waals surface area contributed by atoms with Crippen molar-refractivity contribution in [3.8, 4) is 11.1 Å². The van der Waals surface area contributed by atoms with Crippen LogP contribution >= 0.6 is 0 Å². The van der Waals surface area contributed by atoms with Crippen molar-refractivity contribution in [3.05, 3.63) is 71.3 Å². The van der Waals surface area contributed by atoms with Crippen LogP contribution in [0.4, 0.5) is 13.2 Å². The molecular weight excluding hydrogens is 369 g/mol. The summed E-state index contributed by atoms with van der Waals surface area (Å²) >= 11 is 0. The van der Waals surface area contributed by atoms with Crippen LogP contribution in [-0.4, -0.2) is 13.1 Å².